The third-order valence-electron chi connectivity index (χ3n) is 3.07. The Morgan fingerprint density at radius 3 is 2.81 bits per heavy atom. The highest BCUT2D eigenvalue weighted by Crippen LogP contribution is 2.10. The van der Waals surface area contributed by atoms with Crippen molar-refractivity contribution >= 4 is 0 Å². The zero-order valence-electron chi connectivity index (χ0n) is 10.2. The molecule has 1 N–H and O–H groups in total. The Labute approximate surface area is 97.9 Å². The van der Waals surface area contributed by atoms with Gasteiger partial charge in [0.2, 0.25) is 0 Å². The SMILES string of the molecule is CC1CNC(C)CN(Cc2ccncc2)C1. The molecule has 1 saturated heterocycles. The van der Waals surface area contributed by atoms with Gasteiger partial charge in [-0.2, -0.15) is 0 Å². The first-order chi connectivity index (χ1) is 7.74. The lowest BCUT2D eigenvalue weighted by Crippen LogP contribution is -2.34. The second-order valence-electron chi connectivity index (χ2n) is 4.96. The Morgan fingerprint density at radius 2 is 2.06 bits per heavy atom. The molecule has 0 amide bonds. The molecule has 1 aromatic rings. The summed E-state index contributed by atoms with van der Waals surface area (Å²) in [6, 6.07) is 4.80. The van der Waals surface area contributed by atoms with E-state index in [0.29, 0.717) is 6.04 Å². The third-order valence-corrected chi connectivity index (χ3v) is 3.07. The van der Waals surface area contributed by atoms with Gasteiger partial charge < -0.3 is 5.32 Å². The minimum atomic E-state index is 0.590. The third kappa shape index (κ3) is 3.29. The fourth-order valence-corrected chi connectivity index (χ4v) is 2.31. The molecule has 1 aromatic heterocycles. The van der Waals surface area contributed by atoms with E-state index in [4.69, 9.17) is 0 Å². The average Bonchev–Trinajstić information content (AvgIpc) is 2.42. The van der Waals surface area contributed by atoms with Crippen molar-refractivity contribution in [3.8, 4) is 0 Å². The molecule has 88 valence electrons. The number of nitrogens with one attached hydrogen (secondary N) is 1. The van der Waals surface area contributed by atoms with Gasteiger partial charge in [-0.15, -0.1) is 0 Å². The summed E-state index contributed by atoms with van der Waals surface area (Å²) in [4.78, 5) is 6.59. The van der Waals surface area contributed by atoms with Gasteiger partial charge in [0.25, 0.3) is 0 Å². The summed E-state index contributed by atoms with van der Waals surface area (Å²) < 4.78 is 0. The number of aromatic nitrogens is 1. The number of pyridine rings is 1. The van der Waals surface area contributed by atoms with Gasteiger partial charge in [0.15, 0.2) is 0 Å². The molecular weight excluding hydrogens is 198 g/mol. The van der Waals surface area contributed by atoms with Gasteiger partial charge in [0.05, 0.1) is 0 Å². The first-order valence-corrected chi connectivity index (χ1v) is 6.08. The standard InChI is InChI=1S/C13H21N3/c1-11-7-15-12(2)9-16(8-11)10-13-3-5-14-6-4-13/h3-6,11-12,15H,7-10H2,1-2H3. The molecule has 3 heteroatoms. The second kappa shape index (κ2) is 5.41. The number of hydrogen-bond donors (Lipinski definition) is 1. The van der Waals surface area contributed by atoms with Crippen LogP contribution >= 0.6 is 0 Å². The van der Waals surface area contributed by atoms with Crippen LogP contribution in [0.4, 0.5) is 0 Å². The molecule has 2 rings (SSSR count). The van der Waals surface area contributed by atoms with Crippen molar-refractivity contribution in [3.63, 3.8) is 0 Å². The van der Waals surface area contributed by atoms with Crippen LogP contribution in [0.15, 0.2) is 24.5 Å². The molecule has 0 saturated carbocycles. The molecule has 1 aliphatic heterocycles. The van der Waals surface area contributed by atoms with E-state index in [1.807, 2.05) is 12.4 Å². The zero-order valence-corrected chi connectivity index (χ0v) is 10.2. The Balaban J connectivity index is 1.97. The summed E-state index contributed by atoms with van der Waals surface area (Å²) in [5, 5.41) is 3.56. The van der Waals surface area contributed by atoms with E-state index in [1.165, 1.54) is 12.1 Å². The van der Waals surface area contributed by atoms with Crippen LogP contribution in [-0.4, -0.2) is 35.6 Å². The van der Waals surface area contributed by atoms with Crippen molar-refractivity contribution in [1.82, 2.24) is 15.2 Å². The summed E-state index contributed by atoms with van der Waals surface area (Å²) in [7, 11) is 0. The van der Waals surface area contributed by atoms with Crippen LogP contribution in [0, 0.1) is 5.92 Å². The van der Waals surface area contributed by atoms with E-state index in [9.17, 15) is 0 Å². The molecular formula is C13H21N3. The normalized spacial score (nSPS) is 27.6. The average molecular weight is 219 g/mol. The van der Waals surface area contributed by atoms with Crippen LogP contribution in [0.3, 0.4) is 0 Å². The highest BCUT2D eigenvalue weighted by molar-refractivity contribution is 5.09. The van der Waals surface area contributed by atoms with Crippen molar-refractivity contribution in [3.05, 3.63) is 30.1 Å². The minimum Gasteiger partial charge on any atom is -0.313 e. The second-order valence-corrected chi connectivity index (χ2v) is 4.96. The van der Waals surface area contributed by atoms with Gasteiger partial charge in [-0.1, -0.05) is 6.92 Å². The maximum atomic E-state index is 4.06. The van der Waals surface area contributed by atoms with Crippen molar-refractivity contribution in [2.45, 2.75) is 26.4 Å². The van der Waals surface area contributed by atoms with Gasteiger partial charge in [-0.25, -0.2) is 0 Å². The monoisotopic (exact) mass is 219 g/mol. The Bertz CT molecular complexity index is 300. The van der Waals surface area contributed by atoms with Crippen LogP contribution in [-0.2, 0) is 6.54 Å². The van der Waals surface area contributed by atoms with Gasteiger partial charge in [-0.3, -0.25) is 9.88 Å². The predicted octanol–water partition coefficient (Wildman–Crippen LogP) is 1.51. The molecule has 3 nitrogen and oxygen atoms in total. The largest absolute Gasteiger partial charge is 0.313 e. The van der Waals surface area contributed by atoms with Crippen LogP contribution in [0.5, 0.6) is 0 Å². The highest BCUT2D eigenvalue weighted by atomic mass is 15.2. The number of hydrogen-bond acceptors (Lipinski definition) is 3. The van der Waals surface area contributed by atoms with Crippen LogP contribution in [0.25, 0.3) is 0 Å². The number of rotatable bonds is 2. The zero-order chi connectivity index (χ0) is 11.4. The fourth-order valence-electron chi connectivity index (χ4n) is 2.31. The molecule has 2 heterocycles. The molecule has 0 spiro atoms. The predicted molar refractivity (Wildman–Crippen MR) is 66.1 cm³/mol. The minimum absolute atomic E-state index is 0.590. The molecule has 1 aliphatic rings. The molecule has 0 aromatic carbocycles. The maximum Gasteiger partial charge on any atom is 0.0271 e. The Kier molecular flexibility index (Phi) is 3.91. The van der Waals surface area contributed by atoms with E-state index in [2.05, 4.69) is 41.2 Å². The topological polar surface area (TPSA) is 28.2 Å². The first-order valence-electron chi connectivity index (χ1n) is 6.08. The van der Waals surface area contributed by atoms with E-state index < -0.39 is 0 Å². The van der Waals surface area contributed by atoms with E-state index >= 15 is 0 Å². The molecule has 0 radical (unpaired) electrons. The van der Waals surface area contributed by atoms with Crippen molar-refractivity contribution < 1.29 is 0 Å². The van der Waals surface area contributed by atoms with Gasteiger partial charge in [0, 0.05) is 38.1 Å². The highest BCUT2D eigenvalue weighted by Gasteiger charge is 2.18. The van der Waals surface area contributed by atoms with Crippen molar-refractivity contribution in [1.29, 1.82) is 0 Å². The maximum absolute atomic E-state index is 4.06. The quantitative estimate of drug-likeness (QED) is 0.817. The lowest BCUT2D eigenvalue weighted by molar-refractivity contribution is 0.243. The Morgan fingerprint density at radius 1 is 1.31 bits per heavy atom. The summed E-state index contributed by atoms with van der Waals surface area (Å²) in [5.74, 6) is 0.729. The molecule has 0 aliphatic carbocycles. The lowest BCUT2D eigenvalue weighted by Gasteiger charge is -2.23. The van der Waals surface area contributed by atoms with Crippen LogP contribution in [0.2, 0.25) is 0 Å². The number of nitrogens with zero attached hydrogens (tertiary/aromatic N) is 2. The van der Waals surface area contributed by atoms with E-state index in [1.54, 1.807) is 0 Å². The van der Waals surface area contributed by atoms with Crippen LogP contribution in [0.1, 0.15) is 19.4 Å². The molecule has 2 unspecified atom stereocenters. The van der Waals surface area contributed by atoms with Gasteiger partial charge in [0.1, 0.15) is 0 Å². The van der Waals surface area contributed by atoms with Crippen molar-refractivity contribution in [2.75, 3.05) is 19.6 Å². The van der Waals surface area contributed by atoms with Gasteiger partial charge in [-0.05, 0) is 37.1 Å². The van der Waals surface area contributed by atoms with Crippen molar-refractivity contribution in [2.24, 2.45) is 5.92 Å². The van der Waals surface area contributed by atoms with Crippen LogP contribution < -0.4 is 5.32 Å². The summed E-state index contributed by atoms with van der Waals surface area (Å²) in [6.07, 6.45) is 3.75. The molecule has 16 heavy (non-hydrogen) atoms. The summed E-state index contributed by atoms with van der Waals surface area (Å²) in [6.45, 7) is 9.06. The molecule has 2 atom stereocenters. The van der Waals surface area contributed by atoms with E-state index in [0.717, 1.165) is 25.6 Å². The van der Waals surface area contributed by atoms with E-state index in [-0.39, 0.29) is 0 Å². The Hall–Kier alpha value is -0.930. The smallest absolute Gasteiger partial charge is 0.0271 e. The summed E-state index contributed by atoms with van der Waals surface area (Å²) >= 11 is 0. The molecule has 0 bridgehead atoms. The first kappa shape index (κ1) is 11.6. The van der Waals surface area contributed by atoms with Gasteiger partial charge >= 0.3 is 0 Å². The molecule has 1 fully saturated rings. The lowest BCUT2D eigenvalue weighted by atomic mass is 10.1. The summed E-state index contributed by atoms with van der Waals surface area (Å²) in [5.41, 5.74) is 1.36. The fraction of sp³-hybridized carbons (Fsp3) is 0.615.